The van der Waals surface area contributed by atoms with Crippen molar-refractivity contribution in [1.82, 2.24) is 19.9 Å². The third-order valence-electron chi connectivity index (χ3n) is 4.54. The van der Waals surface area contributed by atoms with Crippen LogP contribution in [0.2, 0.25) is 0 Å². The van der Waals surface area contributed by atoms with Gasteiger partial charge < -0.3 is 4.90 Å². The predicted octanol–water partition coefficient (Wildman–Crippen LogP) is 2.60. The van der Waals surface area contributed by atoms with E-state index in [1.165, 1.54) is 16.8 Å². The fraction of sp³-hybridized carbons (Fsp3) is 0.471. The zero-order valence-electron chi connectivity index (χ0n) is 14.5. The first-order chi connectivity index (χ1) is 11.9. The molecule has 1 saturated heterocycles. The summed E-state index contributed by atoms with van der Waals surface area (Å²) in [7, 11) is 0. The third kappa shape index (κ3) is 3.38. The van der Waals surface area contributed by atoms with Crippen LogP contribution in [-0.2, 0) is 0 Å². The Morgan fingerprint density at radius 3 is 2.60 bits per heavy atom. The molecule has 8 heteroatoms. The van der Waals surface area contributed by atoms with E-state index in [0.717, 1.165) is 6.42 Å². The van der Waals surface area contributed by atoms with E-state index < -0.39 is 4.92 Å². The van der Waals surface area contributed by atoms with Crippen LogP contribution in [0.15, 0.2) is 24.3 Å². The van der Waals surface area contributed by atoms with Crippen molar-refractivity contribution in [1.29, 1.82) is 0 Å². The van der Waals surface area contributed by atoms with E-state index in [9.17, 15) is 14.9 Å². The van der Waals surface area contributed by atoms with Gasteiger partial charge in [-0.25, -0.2) is 4.68 Å². The van der Waals surface area contributed by atoms with Crippen molar-refractivity contribution < 1.29 is 9.72 Å². The minimum absolute atomic E-state index is 0.0287. The number of carbonyl (C=O) groups is 1. The molecule has 132 valence electrons. The molecule has 8 nitrogen and oxygen atoms in total. The lowest BCUT2D eigenvalue weighted by Gasteiger charge is -2.34. The normalized spacial score (nSPS) is 20.5. The summed E-state index contributed by atoms with van der Waals surface area (Å²) in [4.78, 5) is 25.2. The van der Waals surface area contributed by atoms with Crippen LogP contribution in [0.25, 0.3) is 5.69 Å². The quantitative estimate of drug-likeness (QED) is 0.631. The van der Waals surface area contributed by atoms with Gasteiger partial charge in [0.05, 0.1) is 16.3 Å². The van der Waals surface area contributed by atoms with Gasteiger partial charge in [0.1, 0.15) is 0 Å². The maximum Gasteiger partial charge on any atom is 0.276 e. The third-order valence-corrected chi connectivity index (χ3v) is 4.54. The number of nitro benzene ring substituents is 1. The number of hydrogen-bond donors (Lipinski definition) is 0. The van der Waals surface area contributed by atoms with Crippen molar-refractivity contribution in [2.75, 3.05) is 13.1 Å². The van der Waals surface area contributed by atoms with Crippen molar-refractivity contribution in [3.05, 3.63) is 45.8 Å². The second kappa shape index (κ2) is 6.62. The van der Waals surface area contributed by atoms with Gasteiger partial charge in [-0.2, -0.15) is 0 Å². The Morgan fingerprint density at radius 2 is 1.96 bits per heavy atom. The molecule has 2 atom stereocenters. The zero-order valence-corrected chi connectivity index (χ0v) is 14.5. The average Bonchev–Trinajstić information content (AvgIpc) is 2.95. The lowest BCUT2D eigenvalue weighted by Crippen LogP contribution is -2.43. The highest BCUT2D eigenvalue weighted by atomic mass is 16.6. The summed E-state index contributed by atoms with van der Waals surface area (Å²) < 4.78 is 1.47. The van der Waals surface area contributed by atoms with Crippen molar-refractivity contribution in [3.8, 4) is 5.69 Å². The predicted molar refractivity (Wildman–Crippen MR) is 91.6 cm³/mol. The number of carbonyl (C=O) groups excluding carboxylic acids is 1. The van der Waals surface area contributed by atoms with Crippen LogP contribution in [0.3, 0.4) is 0 Å². The molecule has 25 heavy (non-hydrogen) atoms. The monoisotopic (exact) mass is 343 g/mol. The fourth-order valence-electron chi connectivity index (χ4n) is 3.49. The number of aromatic nitrogens is 3. The molecule has 1 aliphatic rings. The molecular weight excluding hydrogens is 322 g/mol. The van der Waals surface area contributed by atoms with Crippen LogP contribution >= 0.6 is 0 Å². The molecule has 0 bridgehead atoms. The van der Waals surface area contributed by atoms with Crippen molar-refractivity contribution in [2.45, 2.75) is 27.2 Å². The molecule has 1 fully saturated rings. The standard InChI is InChI=1S/C17H21N5O3/c1-11-7-12(2)10-20(9-11)17(23)16-13(3)21(19-18-16)14-5-4-6-15(8-14)22(24)25/h4-6,8,11-12H,7,9-10H2,1-3H3. The Labute approximate surface area is 145 Å². The smallest absolute Gasteiger partial charge is 0.276 e. The van der Waals surface area contributed by atoms with Crippen molar-refractivity contribution in [2.24, 2.45) is 11.8 Å². The lowest BCUT2D eigenvalue weighted by atomic mass is 9.91. The number of piperidine rings is 1. The summed E-state index contributed by atoms with van der Waals surface area (Å²) in [6.45, 7) is 7.47. The molecule has 1 aliphatic heterocycles. The SMILES string of the molecule is Cc1c(C(=O)N2CC(C)CC(C)C2)nnn1-c1cccc([N+](=O)[O-])c1. The first-order valence-corrected chi connectivity index (χ1v) is 8.33. The highest BCUT2D eigenvalue weighted by molar-refractivity contribution is 5.93. The minimum Gasteiger partial charge on any atom is -0.337 e. The van der Waals surface area contributed by atoms with E-state index in [0.29, 0.717) is 42.0 Å². The number of hydrogen-bond acceptors (Lipinski definition) is 5. The Kier molecular flexibility index (Phi) is 4.52. The fourth-order valence-corrected chi connectivity index (χ4v) is 3.49. The Hall–Kier alpha value is -2.77. The number of non-ortho nitro benzene ring substituents is 1. The highest BCUT2D eigenvalue weighted by Crippen LogP contribution is 2.24. The summed E-state index contributed by atoms with van der Waals surface area (Å²) in [5, 5.41) is 19.0. The van der Waals surface area contributed by atoms with Gasteiger partial charge in [-0.1, -0.05) is 25.1 Å². The Bertz CT molecular complexity index is 806. The van der Waals surface area contributed by atoms with Crippen LogP contribution in [0, 0.1) is 28.9 Å². The van der Waals surface area contributed by atoms with Gasteiger partial charge in [-0.15, -0.1) is 5.10 Å². The molecule has 1 aromatic carbocycles. The summed E-state index contributed by atoms with van der Waals surface area (Å²) in [5.74, 6) is 0.784. The molecule has 2 unspecified atom stereocenters. The van der Waals surface area contributed by atoms with Gasteiger partial charge in [0.15, 0.2) is 5.69 Å². The summed E-state index contributed by atoms with van der Waals surface area (Å²) in [6.07, 6.45) is 1.11. The van der Waals surface area contributed by atoms with E-state index in [-0.39, 0.29) is 11.6 Å². The van der Waals surface area contributed by atoms with Gasteiger partial charge in [-0.3, -0.25) is 14.9 Å². The van der Waals surface area contributed by atoms with Crippen molar-refractivity contribution >= 4 is 11.6 Å². The van der Waals surface area contributed by atoms with E-state index in [1.54, 1.807) is 19.1 Å². The second-order valence-corrected chi connectivity index (χ2v) is 6.87. The number of rotatable bonds is 3. The van der Waals surface area contributed by atoms with Crippen LogP contribution in [-0.4, -0.2) is 43.8 Å². The number of amides is 1. The molecule has 0 radical (unpaired) electrons. The topological polar surface area (TPSA) is 94.2 Å². The van der Waals surface area contributed by atoms with Gasteiger partial charge in [0.25, 0.3) is 11.6 Å². The molecule has 0 aliphatic carbocycles. The largest absolute Gasteiger partial charge is 0.337 e. The Balaban J connectivity index is 1.89. The van der Waals surface area contributed by atoms with E-state index in [4.69, 9.17) is 0 Å². The van der Waals surface area contributed by atoms with Gasteiger partial charge in [0, 0.05) is 25.2 Å². The van der Waals surface area contributed by atoms with Crippen LogP contribution in [0.5, 0.6) is 0 Å². The molecular formula is C17H21N5O3. The maximum atomic E-state index is 12.8. The lowest BCUT2D eigenvalue weighted by molar-refractivity contribution is -0.384. The van der Waals surface area contributed by atoms with Gasteiger partial charge in [0.2, 0.25) is 0 Å². The molecule has 1 amide bonds. The summed E-state index contributed by atoms with van der Waals surface area (Å²) in [6, 6.07) is 6.12. The number of nitro groups is 1. The van der Waals surface area contributed by atoms with Crippen molar-refractivity contribution in [3.63, 3.8) is 0 Å². The van der Waals surface area contributed by atoms with E-state index in [1.807, 2.05) is 4.90 Å². The van der Waals surface area contributed by atoms with E-state index in [2.05, 4.69) is 24.2 Å². The molecule has 0 saturated carbocycles. The molecule has 0 N–H and O–H groups in total. The first kappa shape index (κ1) is 17.1. The highest BCUT2D eigenvalue weighted by Gasteiger charge is 2.29. The second-order valence-electron chi connectivity index (χ2n) is 6.87. The van der Waals surface area contributed by atoms with Gasteiger partial charge >= 0.3 is 0 Å². The molecule has 1 aromatic heterocycles. The number of likely N-dealkylation sites (tertiary alicyclic amines) is 1. The molecule has 2 heterocycles. The summed E-state index contributed by atoms with van der Waals surface area (Å²) >= 11 is 0. The summed E-state index contributed by atoms with van der Waals surface area (Å²) in [5.41, 5.74) is 1.36. The Morgan fingerprint density at radius 1 is 1.28 bits per heavy atom. The van der Waals surface area contributed by atoms with Crippen LogP contribution < -0.4 is 0 Å². The molecule has 3 rings (SSSR count). The average molecular weight is 343 g/mol. The zero-order chi connectivity index (χ0) is 18.1. The number of nitrogens with zero attached hydrogens (tertiary/aromatic N) is 5. The maximum absolute atomic E-state index is 12.8. The number of benzene rings is 1. The van der Waals surface area contributed by atoms with Crippen LogP contribution in [0.4, 0.5) is 5.69 Å². The minimum atomic E-state index is -0.460. The van der Waals surface area contributed by atoms with E-state index >= 15 is 0 Å². The first-order valence-electron chi connectivity index (χ1n) is 8.33. The molecule has 2 aromatic rings. The van der Waals surface area contributed by atoms with Crippen LogP contribution in [0.1, 0.15) is 36.5 Å². The molecule has 0 spiro atoms. The van der Waals surface area contributed by atoms with Gasteiger partial charge in [-0.05, 0) is 31.2 Å².